The number of methoxy groups -OCH3 is 1. The van der Waals surface area contributed by atoms with Crippen molar-refractivity contribution < 1.29 is 18.7 Å². The van der Waals surface area contributed by atoms with Gasteiger partial charge in [-0.05, 0) is 60.6 Å². The first-order valence-corrected chi connectivity index (χ1v) is 14.5. The summed E-state index contributed by atoms with van der Waals surface area (Å²) in [6.07, 6.45) is 1.62. The van der Waals surface area contributed by atoms with E-state index in [-0.39, 0.29) is 23.3 Å². The number of nitrogens with zero attached hydrogens (tertiary/aromatic N) is 3. The van der Waals surface area contributed by atoms with E-state index in [1.807, 2.05) is 18.2 Å². The Morgan fingerprint density at radius 1 is 1.27 bits per heavy atom. The van der Waals surface area contributed by atoms with E-state index >= 15 is 0 Å². The number of aromatic amines is 1. The maximum absolute atomic E-state index is 13.9. The van der Waals surface area contributed by atoms with E-state index in [1.165, 1.54) is 29.1 Å². The summed E-state index contributed by atoms with van der Waals surface area (Å²) < 4.78 is 19.4. The molecule has 1 aromatic carbocycles. The van der Waals surface area contributed by atoms with Crippen molar-refractivity contribution in [1.82, 2.24) is 14.5 Å². The number of esters is 1. The van der Waals surface area contributed by atoms with Crippen LogP contribution in [-0.4, -0.2) is 34.2 Å². The zero-order chi connectivity index (χ0) is 28.6. The van der Waals surface area contributed by atoms with Crippen LogP contribution in [0.1, 0.15) is 36.9 Å². The Balaban J connectivity index is 1.62. The Labute approximate surface area is 244 Å². The molecule has 0 bridgehead atoms. The van der Waals surface area contributed by atoms with Crippen LogP contribution in [0.5, 0.6) is 5.75 Å². The number of benzene rings is 1. The molecular formula is C27H23BrN4O6S2. The van der Waals surface area contributed by atoms with Gasteiger partial charge in [-0.25, -0.2) is 14.8 Å². The molecule has 4 heterocycles. The number of aryl methyl sites for hydroxylation is 1. The van der Waals surface area contributed by atoms with Crippen molar-refractivity contribution in [3.8, 4) is 5.75 Å². The number of H-pyrrole nitrogens is 1. The SMILES string of the molecule is CCOC(=O)C1=C(C)N=c2s/c(=C/c3cc(Br)c(Sc4nc(C)cc(=O)[nH]4)o3)c(=O)n2[C@@H]1c1ccccc1OC. The minimum absolute atomic E-state index is 0.179. The van der Waals surface area contributed by atoms with Crippen molar-refractivity contribution >= 4 is 51.1 Å². The van der Waals surface area contributed by atoms with E-state index < -0.39 is 12.0 Å². The zero-order valence-corrected chi connectivity index (χ0v) is 25.0. The van der Waals surface area contributed by atoms with Gasteiger partial charge in [0.05, 0.1) is 34.0 Å². The van der Waals surface area contributed by atoms with Crippen LogP contribution in [0.15, 0.2) is 81.4 Å². The van der Waals surface area contributed by atoms with E-state index in [2.05, 4.69) is 30.9 Å². The second kappa shape index (κ2) is 11.4. The molecule has 0 spiro atoms. The van der Waals surface area contributed by atoms with Crippen molar-refractivity contribution in [3.63, 3.8) is 0 Å². The van der Waals surface area contributed by atoms with Gasteiger partial charge < -0.3 is 18.9 Å². The van der Waals surface area contributed by atoms with Crippen molar-refractivity contribution in [2.24, 2.45) is 4.99 Å². The second-order valence-corrected chi connectivity index (χ2v) is 11.4. The minimum atomic E-state index is -0.799. The summed E-state index contributed by atoms with van der Waals surface area (Å²) in [5, 5.41) is 0.838. The fourth-order valence-electron chi connectivity index (χ4n) is 4.30. The molecule has 4 aromatic rings. The normalized spacial score (nSPS) is 15.1. The summed E-state index contributed by atoms with van der Waals surface area (Å²) in [7, 11) is 1.54. The molecule has 0 saturated carbocycles. The molecule has 0 radical (unpaired) electrons. The summed E-state index contributed by atoms with van der Waals surface area (Å²) in [5.41, 5.74) is 1.33. The first-order chi connectivity index (χ1) is 19.2. The number of fused-ring (bicyclic) bond motifs is 1. The Bertz CT molecular complexity index is 1900. The summed E-state index contributed by atoms with van der Waals surface area (Å²) in [6.45, 7) is 5.36. The number of carbonyl (C=O) groups is 1. The number of furan rings is 1. The number of thiazole rings is 1. The van der Waals surface area contributed by atoms with Crippen LogP contribution in [0, 0.1) is 6.92 Å². The Kier molecular flexibility index (Phi) is 7.97. The number of hydrogen-bond acceptors (Lipinski definition) is 10. The predicted molar refractivity (Wildman–Crippen MR) is 154 cm³/mol. The summed E-state index contributed by atoms with van der Waals surface area (Å²) in [4.78, 5) is 50.8. The average molecular weight is 644 g/mol. The van der Waals surface area contributed by atoms with Crippen LogP contribution in [-0.2, 0) is 9.53 Å². The first-order valence-electron chi connectivity index (χ1n) is 12.1. The molecule has 0 amide bonds. The summed E-state index contributed by atoms with van der Waals surface area (Å²) in [6, 6.07) is 9.56. The van der Waals surface area contributed by atoms with Crippen LogP contribution in [0.3, 0.4) is 0 Å². The van der Waals surface area contributed by atoms with Crippen molar-refractivity contribution in [2.75, 3.05) is 13.7 Å². The highest BCUT2D eigenvalue weighted by Gasteiger charge is 2.35. The van der Waals surface area contributed by atoms with E-state index in [1.54, 1.807) is 39.0 Å². The van der Waals surface area contributed by atoms with Crippen molar-refractivity contribution in [3.05, 3.63) is 99.2 Å². The number of aromatic nitrogens is 3. The lowest BCUT2D eigenvalue weighted by molar-refractivity contribution is -0.139. The molecule has 0 fully saturated rings. The lowest BCUT2D eigenvalue weighted by Gasteiger charge is -2.25. The molecule has 0 unspecified atom stereocenters. The van der Waals surface area contributed by atoms with Gasteiger partial charge in [-0.2, -0.15) is 0 Å². The van der Waals surface area contributed by atoms with E-state index in [9.17, 15) is 14.4 Å². The molecule has 0 saturated heterocycles. The van der Waals surface area contributed by atoms with E-state index in [0.29, 0.717) is 52.5 Å². The number of carbonyl (C=O) groups excluding carboxylic acids is 1. The molecule has 5 rings (SSSR count). The third kappa shape index (κ3) is 5.36. The highest BCUT2D eigenvalue weighted by molar-refractivity contribution is 9.10. The van der Waals surface area contributed by atoms with Gasteiger partial charge >= 0.3 is 5.97 Å². The van der Waals surface area contributed by atoms with Crippen LogP contribution in [0.25, 0.3) is 6.08 Å². The van der Waals surface area contributed by atoms with Gasteiger partial charge in [0.2, 0.25) is 0 Å². The second-order valence-electron chi connectivity index (χ2n) is 8.62. The topological polar surface area (TPSA) is 129 Å². The maximum Gasteiger partial charge on any atom is 0.338 e. The third-order valence-corrected chi connectivity index (χ3v) is 8.65. The predicted octanol–water partition coefficient (Wildman–Crippen LogP) is 3.71. The molecule has 40 heavy (non-hydrogen) atoms. The molecular weight excluding hydrogens is 620 g/mol. The van der Waals surface area contributed by atoms with Gasteiger partial charge in [-0.15, -0.1) is 0 Å². The van der Waals surface area contributed by atoms with E-state index in [4.69, 9.17) is 13.9 Å². The Hall–Kier alpha value is -3.68. The molecule has 1 aliphatic heterocycles. The fraction of sp³-hybridized carbons (Fsp3) is 0.222. The van der Waals surface area contributed by atoms with Crippen LogP contribution >= 0.6 is 39.0 Å². The molecule has 13 heteroatoms. The molecule has 0 aliphatic carbocycles. The lowest BCUT2D eigenvalue weighted by atomic mass is 9.95. The highest BCUT2D eigenvalue weighted by Crippen LogP contribution is 2.36. The smallest absolute Gasteiger partial charge is 0.338 e. The molecule has 206 valence electrons. The third-order valence-electron chi connectivity index (χ3n) is 5.94. The van der Waals surface area contributed by atoms with Gasteiger partial charge in [0.15, 0.2) is 15.1 Å². The fourth-order valence-corrected chi connectivity index (χ4v) is 6.69. The maximum atomic E-state index is 13.9. The number of nitrogens with one attached hydrogen (secondary N) is 1. The number of ether oxygens (including phenoxy) is 2. The number of allylic oxidation sites excluding steroid dienone is 1. The number of rotatable bonds is 7. The molecule has 3 aromatic heterocycles. The van der Waals surface area contributed by atoms with Crippen molar-refractivity contribution in [2.45, 2.75) is 37.1 Å². The van der Waals surface area contributed by atoms with Gasteiger partial charge in [-0.3, -0.25) is 14.2 Å². The largest absolute Gasteiger partial charge is 0.496 e. The molecule has 1 atom stereocenters. The van der Waals surface area contributed by atoms with Crippen LogP contribution < -0.4 is 25.2 Å². The van der Waals surface area contributed by atoms with E-state index in [0.717, 1.165) is 11.8 Å². The molecule has 1 aliphatic rings. The Morgan fingerprint density at radius 3 is 2.77 bits per heavy atom. The minimum Gasteiger partial charge on any atom is -0.496 e. The number of para-hydroxylation sites is 1. The monoisotopic (exact) mass is 642 g/mol. The van der Waals surface area contributed by atoms with Crippen LogP contribution in [0.2, 0.25) is 0 Å². The van der Waals surface area contributed by atoms with Gasteiger partial charge in [-0.1, -0.05) is 29.5 Å². The molecule has 10 nitrogen and oxygen atoms in total. The quantitative estimate of drug-likeness (QED) is 0.239. The molecule has 1 N–H and O–H groups in total. The van der Waals surface area contributed by atoms with Crippen LogP contribution in [0.4, 0.5) is 0 Å². The number of halogens is 1. The van der Waals surface area contributed by atoms with Crippen molar-refractivity contribution in [1.29, 1.82) is 0 Å². The summed E-state index contributed by atoms with van der Waals surface area (Å²) in [5.74, 6) is 0.385. The lowest BCUT2D eigenvalue weighted by Crippen LogP contribution is -2.40. The number of hydrogen-bond donors (Lipinski definition) is 1. The average Bonchev–Trinajstić information content (AvgIpc) is 3.40. The van der Waals surface area contributed by atoms with Gasteiger partial charge in [0, 0.05) is 23.4 Å². The summed E-state index contributed by atoms with van der Waals surface area (Å²) >= 11 is 5.80. The highest BCUT2D eigenvalue weighted by atomic mass is 79.9. The van der Waals surface area contributed by atoms with Gasteiger partial charge in [0.1, 0.15) is 17.6 Å². The zero-order valence-electron chi connectivity index (χ0n) is 21.8. The van der Waals surface area contributed by atoms with Gasteiger partial charge in [0.25, 0.3) is 11.1 Å². The standard InChI is InChI=1S/C27H23BrN4O6S2/c1-5-37-24(35)21-14(3)30-27-32(22(21)16-8-6-7-9-18(16)36-4)23(34)19(39-27)12-15-11-17(28)25(38-15)40-26-29-13(2)10-20(33)31-26/h6-12,22H,5H2,1-4H3,(H,29,31,33)/b19-12+/t22-/m1/s1. The Morgan fingerprint density at radius 2 is 2.05 bits per heavy atom. The first kappa shape index (κ1) is 27.9.